The maximum Gasteiger partial charge on any atom is 0.123 e. The Morgan fingerprint density at radius 2 is 0.810 bits per heavy atom. The second-order valence-electron chi connectivity index (χ2n) is 11.0. The summed E-state index contributed by atoms with van der Waals surface area (Å²) in [6.45, 7) is 7.87. The van der Waals surface area contributed by atoms with Crippen LogP contribution in [0, 0.1) is 0 Å². The van der Waals surface area contributed by atoms with E-state index in [1.807, 2.05) is 24.3 Å². The minimum Gasteiger partial charge on any atom is -0.496 e. The Hall–Kier alpha value is -2.90. The first-order valence-electron chi connectivity index (χ1n) is 15.9. The molecule has 0 bridgehead atoms. The predicted molar refractivity (Wildman–Crippen MR) is 176 cm³/mol. The van der Waals surface area contributed by atoms with Gasteiger partial charge in [0, 0.05) is 37.3 Å². The maximum absolute atomic E-state index is 5.42. The van der Waals surface area contributed by atoms with Gasteiger partial charge < -0.3 is 30.7 Å². The minimum atomic E-state index is 0.866. The van der Waals surface area contributed by atoms with Crippen molar-refractivity contribution in [2.45, 2.75) is 77.5 Å². The van der Waals surface area contributed by atoms with Crippen molar-refractivity contribution < 1.29 is 9.47 Å². The zero-order valence-corrected chi connectivity index (χ0v) is 26.1. The molecule has 6 nitrogen and oxygen atoms in total. The lowest BCUT2D eigenvalue weighted by atomic mass is 10.1. The van der Waals surface area contributed by atoms with Gasteiger partial charge in [-0.25, -0.2) is 0 Å². The number of methoxy groups -OCH3 is 2. The molecule has 230 valence electrons. The van der Waals surface area contributed by atoms with E-state index in [0.29, 0.717) is 0 Å². The summed E-state index contributed by atoms with van der Waals surface area (Å²) in [5.41, 5.74) is 5.19. The van der Waals surface area contributed by atoms with Gasteiger partial charge in [0.15, 0.2) is 0 Å². The summed E-state index contributed by atoms with van der Waals surface area (Å²) in [6.07, 6.45) is 9.96. The van der Waals surface area contributed by atoms with Gasteiger partial charge in [0.05, 0.1) is 14.2 Å². The van der Waals surface area contributed by atoms with Gasteiger partial charge in [-0.2, -0.15) is 0 Å². The zero-order chi connectivity index (χ0) is 29.5. The number of nitrogens with one attached hydrogen (secondary N) is 4. The van der Waals surface area contributed by atoms with Crippen molar-refractivity contribution in [1.29, 1.82) is 0 Å². The van der Waals surface area contributed by atoms with Crippen molar-refractivity contribution >= 4 is 0 Å². The van der Waals surface area contributed by atoms with Crippen LogP contribution in [-0.4, -0.2) is 40.4 Å². The Balaban J connectivity index is 1.12. The molecule has 3 rings (SSSR count). The molecule has 0 heterocycles. The number of hydrogen-bond acceptors (Lipinski definition) is 6. The minimum absolute atomic E-state index is 0.866. The molecule has 3 aromatic carbocycles. The number of rotatable bonds is 24. The number of benzene rings is 3. The smallest absolute Gasteiger partial charge is 0.123 e. The van der Waals surface area contributed by atoms with E-state index < -0.39 is 0 Å². The SMILES string of the molecule is COc1ccccc1CNCCCCCCNCc1cccc(CNCCCCCCNCc2ccccc2OC)c1. The van der Waals surface area contributed by atoms with Crippen LogP contribution in [0.4, 0.5) is 0 Å². The van der Waals surface area contributed by atoms with Gasteiger partial charge in [-0.15, -0.1) is 0 Å². The molecule has 4 N–H and O–H groups in total. The van der Waals surface area contributed by atoms with Crippen LogP contribution in [0.1, 0.15) is 73.6 Å². The highest BCUT2D eigenvalue weighted by molar-refractivity contribution is 5.33. The first kappa shape index (κ1) is 33.6. The molecule has 0 spiro atoms. The van der Waals surface area contributed by atoms with E-state index in [9.17, 15) is 0 Å². The summed E-state index contributed by atoms with van der Waals surface area (Å²) in [5.74, 6) is 1.93. The second-order valence-corrected chi connectivity index (χ2v) is 11.0. The number of unbranched alkanes of at least 4 members (excludes halogenated alkanes) is 6. The molecule has 3 aromatic rings. The lowest BCUT2D eigenvalue weighted by Crippen LogP contribution is -2.17. The van der Waals surface area contributed by atoms with E-state index in [0.717, 1.165) is 63.9 Å². The Kier molecular flexibility index (Phi) is 17.4. The molecule has 0 aliphatic carbocycles. The van der Waals surface area contributed by atoms with Gasteiger partial charge in [0.2, 0.25) is 0 Å². The van der Waals surface area contributed by atoms with Crippen LogP contribution in [0.2, 0.25) is 0 Å². The van der Waals surface area contributed by atoms with Crippen molar-refractivity contribution in [1.82, 2.24) is 21.3 Å². The molecule has 0 fully saturated rings. The fraction of sp³-hybridized carbons (Fsp3) is 0.500. The first-order chi connectivity index (χ1) is 20.8. The Morgan fingerprint density at radius 1 is 0.429 bits per heavy atom. The average molecular weight is 575 g/mol. The van der Waals surface area contributed by atoms with E-state index >= 15 is 0 Å². The van der Waals surface area contributed by atoms with Crippen molar-refractivity contribution in [3.05, 3.63) is 95.1 Å². The molecule has 0 unspecified atom stereocenters. The van der Waals surface area contributed by atoms with Crippen molar-refractivity contribution in [3.8, 4) is 11.5 Å². The Bertz CT molecular complexity index is 1020. The van der Waals surface area contributed by atoms with Crippen LogP contribution in [0.25, 0.3) is 0 Å². The van der Waals surface area contributed by atoms with Gasteiger partial charge in [0.1, 0.15) is 11.5 Å². The molecule has 0 aromatic heterocycles. The molecule has 0 saturated heterocycles. The average Bonchev–Trinajstić information content (AvgIpc) is 3.03. The number of hydrogen-bond donors (Lipinski definition) is 4. The van der Waals surface area contributed by atoms with Crippen LogP contribution < -0.4 is 30.7 Å². The Labute approximate surface area is 255 Å². The van der Waals surface area contributed by atoms with Gasteiger partial charge in [-0.1, -0.05) is 86.3 Å². The highest BCUT2D eigenvalue weighted by atomic mass is 16.5. The maximum atomic E-state index is 5.42. The normalized spacial score (nSPS) is 11.1. The molecular formula is C36H54N4O2. The summed E-state index contributed by atoms with van der Waals surface area (Å²) in [6, 6.07) is 25.4. The van der Waals surface area contributed by atoms with E-state index in [4.69, 9.17) is 9.47 Å². The molecule has 0 aliphatic rings. The standard InChI is InChI=1S/C36H54N4O2/c1-41-35-20-9-7-18-33(35)29-39-24-13-5-3-11-22-37-27-31-16-15-17-32(26-31)28-38-23-12-4-6-14-25-40-30-34-19-8-10-21-36(34)42-2/h7-10,15-21,26,37-40H,3-6,11-14,22-25,27-30H2,1-2H3. The molecular weight excluding hydrogens is 520 g/mol. The van der Waals surface area contributed by atoms with Crippen LogP contribution in [-0.2, 0) is 26.2 Å². The van der Waals surface area contributed by atoms with E-state index in [-0.39, 0.29) is 0 Å². The summed E-state index contributed by atoms with van der Waals surface area (Å²) in [5, 5.41) is 14.3. The van der Waals surface area contributed by atoms with Gasteiger partial charge in [-0.05, 0) is 75.1 Å². The Morgan fingerprint density at radius 3 is 1.21 bits per heavy atom. The molecule has 0 radical (unpaired) electrons. The predicted octanol–water partition coefficient (Wildman–Crippen LogP) is 6.58. The van der Waals surface area contributed by atoms with Gasteiger partial charge in [0.25, 0.3) is 0 Å². The molecule has 42 heavy (non-hydrogen) atoms. The topological polar surface area (TPSA) is 66.6 Å². The second kappa shape index (κ2) is 21.8. The third-order valence-corrected chi connectivity index (χ3v) is 7.58. The molecule has 6 heteroatoms. The summed E-state index contributed by atoms with van der Waals surface area (Å²) in [7, 11) is 3.47. The van der Waals surface area contributed by atoms with Crippen molar-refractivity contribution in [2.75, 3.05) is 40.4 Å². The lowest BCUT2D eigenvalue weighted by molar-refractivity contribution is 0.407. The van der Waals surface area contributed by atoms with Gasteiger partial charge in [-0.3, -0.25) is 0 Å². The van der Waals surface area contributed by atoms with Crippen LogP contribution in [0.3, 0.4) is 0 Å². The van der Waals surface area contributed by atoms with E-state index in [2.05, 4.69) is 69.8 Å². The van der Waals surface area contributed by atoms with Crippen LogP contribution in [0.15, 0.2) is 72.8 Å². The fourth-order valence-corrected chi connectivity index (χ4v) is 5.17. The highest BCUT2D eigenvalue weighted by Crippen LogP contribution is 2.17. The largest absolute Gasteiger partial charge is 0.496 e. The fourth-order valence-electron chi connectivity index (χ4n) is 5.17. The molecule has 0 aliphatic heterocycles. The van der Waals surface area contributed by atoms with Crippen LogP contribution >= 0.6 is 0 Å². The monoisotopic (exact) mass is 574 g/mol. The zero-order valence-electron chi connectivity index (χ0n) is 26.1. The summed E-state index contributed by atoms with van der Waals surface area (Å²) < 4.78 is 10.8. The third kappa shape index (κ3) is 13.8. The molecule has 0 atom stereocenters. The van der Waals surface area contributed by atoms with Crippen LogP contribution in [0.5, 0.6) is 11.5 Å². The first-order valence-corrected chi connectivity index (χ1v) is 15.9. The summed E-state index contributed by atoms with van der Waals surface area (Å²) >= 11 is 0. The highest BCUT2D eigenvalue weighted by Gasteiger charge is 2.02. The quantitative estimate of drug-likeness (QED) is 0.0906. The lowest BCUT2D eigenvalue weighted by Gasteiger charge is -2.10. The summed E-state index contributed by atoms with van der Waals surface area (Å²) in [4.78, 5) is 0. The number of ether oxygens (including phenoxy) is 2. The number of para-hydroxylation sites is 2. The third-order valence-electron chi connectivity index (χ3n) is 7.58. The van der Waals surface area contributed by atoms with Crippen molar-refractivity contribution in [3.63, 3.8) is 0 Å². The van der Waals surface area contributed by atoms with E-state index in [1.165, 1.54) is 73.6 Å². The molecule has 0 saturated carbocycles. The molecule has 0 amide bonds. The van der Waals surface area contributed by atoms with E-state index in [1.54, 1.807) is 14.2 Å². The van der Waals surface area contributed by atoms with Crippen molar-refractivity contribution in [2.24, 2.45) is 0 Å². The van der Waals surface area contributed by atoms with Gasteiger partial charge >= 0.3 is 0 Å².